The van der Waals surface area contributed by atoms with E-state index in [0.717, 1.165) is 5.56 Å². The first-order valence-corrected chi connectivity index (χ1v) is 8.11. The Labute approximate surface area is 141 Å². The summed E-state index contributed by atoms with van der Waals surface area (Å²) in [4.78, 5) is 12.0. The lowest BCUT2D eigenvalue weighted by Crippen LogP contribution is -2.35. The predicted octanol–water partition coefficient (Wildman–Crippen LogP) is 3.31. The first-order chi connectivity index (χ1) is 11.6. The molecular weight excluding hydrogens is 307 g/mol. The van der Waals surface area contributed by atoms with Gasteiger partial charge in [0.25, 0.3) is 0 Å². The van der Waals surface area contributed by atoms with E-state index in [4.69, 9.17) is 10.5 Å². The molecule has 0 aliphatic carbocycles. The summed E-state index contributed by atoms with van der Waals surface area (Å²) in [5.74, 6) is -0.272. The Kier molecular flexibility index (Phi) is 6.61. The van der Waals surface area contributed by atoms with Gasteiger partial charge < -0.3 is 15.8 Å². The van der Waals surface area contributed by atoms with E-state index < -0.39 is 5.82 Å². The molecule has 1 amide bonds. The molecule has 0 aliphatic heterocycles. The second-order valence-corrected chi connectivity index (χ2v) is 5.58. The Balaban J connectivity index is 1.79. The summed E-state index contributed by atoms with van der Waals surface area (Å²) in [6.07, 6.45) is 1.33. The minimum absolute atomic E-state index is 0.0752. The zero-order valence-corrected chi connectivity index (χ0v) is 13.8. The number of nitrogens with two attached hydrogens (primary N) is 1. The summed E-state index contributed by atoms with van der Waals surface area (Å²) in [6, 6.07) is 13.8. The fraction of sp³-hybridized carbons (Fsp3) is 0.316. The standard InChI is InChI=1S/C19H23FN2O2/c1-2-15(24-18-10-6-4-8-16(18)20)13-22-19(23)12-11-14-7-3-5-9-17(14)21/h3-10,15H,2,11-13,21H2,1H3,(H,22,23). The van der Waals surface area contributed by atoms with Crippen molar-refractivity contribution in [3.8, 4) is 5.75 Å². The first kappa shape index (κ1) is 17.8. The highest BCUT2D eigenvalue weighted by atomic mass is 19.1. The van der Waals surface area contributed by atoms with Crippen LogP contribution in [0.1, 0.15) is 25.3 Å². The van der Waals surface area contributed by atoms with Gasteiger partial charge in [0.1, 0.15) is 6.10 Å². The molecule has 0 aromatic heterocycles. The van der Waals surface area contributed by atoms with E-state index in [2.05, 4.69) is 5.32 Å². The third-order valence-corrected chi connectivity index (χ3v) is 3.79. The van der Waals surface area contributed by atoms with Crippen LogP contribution in [0.4, 0.5) is 10.1 Å². The van der Waals surface area contributed by atoms with E-state index >= 15 is 0 Å². The summed E-state index contributed by atoms with van der Waals surface area (Å²) >= 11 is 0. The van der Waals surface area contributed by atoms with Crippen molar-refractivity contribution in [2.75, 3.05) is 12.3 Å². The van der Waals surface area contributed by atoms with Gasteiger partial charge in [-0.05, 0) is 36.6 Å². The van der Waals surface area contributed by atoms with E-state index in [9.17, 15) is 9.18 Å². The van der Waals surface area contributed by atoms with Gasteiger partial charge in [0.05, 0.1) is 6.54 Å². The van der Waals surface area contributed by atoms with Crippen molar-refractivity contribution in [1.82, 2.24) is 5.32 Å². The van der Waals surface area contributed by atoms with Crippen molar-refractivity contribution in [1.29, 1.82) is 0 Å². The smallest absolute Gasteiger partial charge is 0.220 e. The predicted molar refractivity (Wildman–Crippen MR) is 93.3 cm³/mol. The number of hydrogen-bond donors (Lipinski definition) is 2. The van der Waals surface area contributed by atoms with Crippen LogP contribution in [0.2, 0.25) is 0 Å². The molecule has 4 nitrogen and oxygen atoms in total. The molecule has 0 aliphatic rings. The molecule has 1 unspecified atom stereocenters. The molecule has 2 rings (SSSR count). The van der Waals surface area contributed by atoms with Gasteiger partial charge in [0.15, 0.2) is 11.6 Å². The zero-order valence-electron chi connectivity index (χ0n) is 13.8. The number of rotatable bonds is 8. The van der Waals surface area contributed by atoms with Crippen LogP contribution in [0.5, 0.6) is 5.75 Å². The SMILES string of the molecule is CCC(CNC(=O)CCc1ccccc1N)Oc1ccccc1F. The van der Waals surface area contributed by atoms with Crippen molar-refractivity contribution in [2.24, 2.45) is 0 Å². The molecule has 0 saturated carbocycles. The molecule has 128 valence electrons. The van der Waals surface area contributed by atoms with E-state index in [-0.39, 0.29) is 17.8 Å². The Bertz CT molecular complexity index is 676. The fourth-order valence-electron chi connectivity index (χ4n) is 2.32. The van der Waals surface area contributed by atoms with Crippen molar-refractivity contribution < 1.29 is 13.9 Å². The van der Waals surface area contributed by atoms with Crippen molar-refractivity contribution >= 4 is 11.6 Å². The summed E-state index contributed by atoms with van der Waals surface area (Å²) < 4.78 is 19.2. The van der Waals surface area contributed by atoms with Crippen molar-refractivity contribution in [3.05, 3.63) is 59.9 Å². The van der Waals surface area contributed by atoms with E-state index in [1.165, 1.54) is 6.07 Å². The molecule has 0 heterocycles. The third kappa shape index (κ3) is 5.26. The van der Waals surface area contributed by atoms with Crippen LogP contribution in [0.15, 0.2) is 48.5 Å². The maximum Gasteiger partial charge on any atom is 0.220 e. The van der Waals surface area contributed by atoms with Gasteiger partial charge in [-0.15, -0.1) is 0 Å². The number of benzene rings is 2. The maximum atomic E-state index is 13.6. The summed E-state index contributed by atoms with van der Waals surface area (Å²) in [5, 5.41) is 2.84. The number of para-hydroxylation sites is 2. The molecule has 0 fully saturated rings. The number of hydrogen-bond acceptors (Lipinski definition) is 3. The number of amides is 1. The summed E-state index contributed by atoms with van der Waals surface area (Å²) in [6.45, 7) is 2.27. The number of aryl methyl sites for hydroxylation is 1. The van der Waals surface area contributed by atoms with Gasteiger partial charge in [-0.25, -0.2) is 4.39 Å². The number of carbonyl (C=O) groups excluding carboxylic acids is 1. The highest BCUT2D eigenvalue weighted by Gasteiger charge is 2.13. The number of carbonyl (C=O) groups is 1. The largest absolute Gasteiger partial charge is 0.486 e. The van der Waals surface area contributed by atoms with Gasteiger partial charge in [-0.2, -0.15) is 0 Å². The second-order valence-electron chi connectivity index (χ2n) is 5.58. The lowest BCUT2D eigenvalue weighted by molar-refractivity contribution is -0.121. The molecule has 2 aromatic rings. The van der Waals surface area contributed by atoms with E-state index in [1.54, 1.807) is 18.2 Å². The molecule has 3 N–H and O–H groups in total. The number of ether oxygens (including phenoxy) is 1. The third-order valence-electron chi connectivity index (χ3n) is 3.79. The molecule has 1 atom stereocenters. The Hall–Kier alpha value is -2.56. The molecule has 0 bridgehead atoms. The van der Waals surface area contributed by atoms with Crippen LogP contribution in [-0.2, 0) is 11.2 Å². The van der Waals surface area contributed by atoms with Gasteiger partial charge >= 0.3 is 0 Å². The van der Waals surface area contributed by atoms with E-state index in [1.807, 2.05) is 31.2 Å². The van der Waals surface area contributed by atoms with Crippen LogP contribution in [0, 0.1) is 5.82 Å². The van der Waals surface area contributed by atoms with Gasteiger partial charge in [0, 0.05) is 12.1 Å². The fourth-order valence-corrected chi connectivity index (χ4v) is 2.32. The van der Waals surface area contributed by atoms with Gasteiger partial charge in [-0.1, -0.05) is 37.3 Å². The lowest BCUT2D eigenvalue weighted by Gasteiger charge is -2.18. The average molecular weight is 330 g/mol. The highest BCUT2D eigenvalue weighted by molar-refractivity contribution is 5.76. The van der Waals surface area contributed by atoms with E-state index in [0.29, 0.717) is 31.5 Å². The number of halogens is 1. The first-order valence-electron chi connectivity index (χ1n) is 8.11. The molecule has 24 heavy (non-hydrogen) atoms. The molecule has 2 aromatic carbocycles. The summed E-state index contributed by atoms with van der Waals surface area (Å²) in [5.41, 5.74) is 7.52. The number of anilines is 1. The van der Waals surface area contributed by atoms with Crippen LogP contribution >= 0.6 is 0 Å². The number of nitrogens with one attached hydrogen (secondary N) is 1. The van der Waals surface area contributed by atoms with Crippen LogP contribution in [-0.4, -0.2) is 18.6 Å². The molecular formula is C19H23FN2O2. The highest BCUT2D eigenvalue weighted by Crippen LogP contribution is 2.18. The maximum absolute atomic E-state index is 13.6. The second kappa shape index (κ2) is 8.91. The molecule has 5 heteroatoms. The van der Waals surface area contributed by atoms with Gasteiger partial charge in [-0.3, -0.25) is 4.79 Å². The minimum atomic E-state index is -0.401. The van der Waals surface area contributed by atoms with Crippen LogP contribution in [0.25, 0.3) is 0 Å². The molecule has 0 spiro atoms. The lowest BCUT2D eigenvalue weighted by atomic mass is 10.1. The normalized spacial score (nSPS) is 11.8. The minimum Gasteiger partial charge on any atom is -0.486 e. The monoisotopic (exact) mass is 330 g/mol. The van der Waals surface area contributed by atoms with Crippen LogP contribution in [0.3, 0.4) is 0 Å². The Morgan fingerprint density at radius 1 is 1.21 bits per heavy atom. The molecule has 0 radical (unpaired) electrons. The topological polar surface area (TPSA) is 64.4 Å². The Morgan fingerprint density at radius 3 is 2.62 bits per heavy atom. The number of nitrogen functional groups attached to an aromatic ring is 1. The van der Waals surface area contributed by atoms with Crippen molar-refractivity contribution in [3.63, 3.8) is 0 Å². The van der Waals surface area contributed by atoms with Crippen molar-refractivity contribution in [2.45, 2.75) is 32.3 Å². The average Bonchev–Trinajstić information content (AvgIpc) is 2.59. The van der Waals surface area contributed by atoms with Crippen LogP contribution < -0.4 is 15.8 Å². The quantitative estimate of drug-likeness (QED) is 0.730. The Morgan fingerprint density at radius 2 is 1.92 bits per heavy atom. The van der Waals surface area contributed by atoms with Gasteiger partial charge in [0.2, 0.25) is 5.91 Å². The zero-order chi connectivity index (χ0) is 17.4. The summed E-state index contributed by atoms with van der Waals surface area (Å²) in [7, 11) is 0. The molecule has 0 saturated heterocycles.